The molecule has 122 valence electrons. The Kier molecular flexibility index (Phi) is 4.36. The summed E-state index contributed by atoms with van der Waals surface area (Å²) in [6.45, 7) is 0. The molecule has 0 aromatic heterocycles. The van der Waals surface area contributed by atoms with Gasteiger partial charge in [0.2, 0.25) is 0 Å². The number of benzene rings is 3. The predicted molar refractivity (Wildman–Crippen MR) is 94.5 cm³/mol. The van der Waals surface area contributed by atoms with E-state index in [2.05, 4.69) is 6.07 Å². The second kappa shape index (κ2) is 6.77. The van der Waals surface area contributed by atoms with Crippen molar-refractivity contribution in [2.45, 2.75) is 0 Å². The number of nitriles is 1. The summed E-state index contributed by atoms with van der Waals surface area (Å²) in [4.78, 5) is 11.3. The Morgan fingerprint density at radius 3 is 2.12 bits per heavy atom. The van der Waals surface area contributed by atoms with E-state index < -0.39 is 5.97 Å². The highest BCUT2D eigenvalue weighted by Crippen LogP contribution is 2.29. The number of carboxylic acids is 1. The average Bonchev–Trinajstić information content (AvgIpc) is 2.64. The Morgan fingerprint density at radius 2 is 1.56 bits per heavy atom. The van der Waals surface area contributed by atoms with E-state index in [0.29, 0.717) is 17.0 Å². The number of aromatic carboxylic acids is 1. The molecule has 3 aromatic rings. The summed E-state index contributed by atoms with van der Waals surface area (Å²) in [6, 6.07) is 21.1. The lowest BCUT2D eigenvalue weighted by atomic mass is 10.0. The van der Waals surface area contributed by atoms with Gasteiger partial charge in [0.05, 0.1) is 11.6 Å². The van der Waals surface area contributed by atoms with Gasteiger partial charge >= 0.3 is 5.97 Å². The van der Waals surface area contributed by atoms with Crippen molar-refractivity contribution >= 4 is 11.7 Å². The fraction of sp³-hybridized carbons (Fsp3) is 0. The van der Waals surface area contributed by atoms with Crippen molar-refractivity contribution < 1.29 is 14.6 Å². The van der Waals surface area contributed by atoms with Crippen LogP contribution in [0.4, 0.5) is 5.69 Å². The van der Waals surface area contributed by atoms with E-state index in [4.69, 9.17) is 15.7 Å². The lowest BCUT2D eigenvalue weighted by Crippen LogP contribution is -2.01. The van der Waals surface area contributed by atoms with E-state index in [1.807, 2.05) is 24.3 Å². The first-order valence-electron chi connectivity index (χ1n) is 7.48. The number of nitrogens with zero attached hydrogens (tertiary/aromatic N) is 1. The first-order valence-corrected chi connectivity index (χ1v) is 7.48. The quantitative estimate of drug-likeness (QED) is 0.695. The highest BCUT2D eigenvalue weighted by molar-refractivity contribution is 5.92. The van der Waals surface area contributed by atoms with Crippen LogP contribution < -0.4 is 10.5 Å². The molecule has 0 atom stereocenters. The van der Waals surface area contributed by atoms with Gasteiger partial charge in [-0.2, -0.15) is 5.26 Å². The van der Waals surface area contributed by atoms with Gasteiger partial charge in [-0.3, -0.25) is 0 Å². The molecule has 5 heteroatoms. The number of hydrogen-bond acceptors (Lipinski definition) is 4. The maximum atomic E-state index is 11.3. The van der Waals surface area contributed by atoms with Gasteiger partial charge in [0, 0.05) is 5.69 Å². The minimum atomic E-state index is -1.10. The largest absolute Gasteiger partial charge is 0.478 e. The molecule has 0 radical (unpaired) electrons. The molecule has 3 aromatic carbocycles. The van der Waals surface area contributed by atoms with Crippen LogP contribution in [0.1, 0.15) is 15.9 Å². The highest BCUT2D eigenvalue weighted by Gasteiger charge is 2.12. The third kappa shape index (κ3) is 3.59. The van der Waals surface area contributed by atoms with E-state index in [0.717, 1.165) is 11.1 Å². The lowest BCUT2D eigenvalue weighted by molar-refractivity contribution is 0.0694. The molecule has 0 fully saturated rings. The molecule has 0 bridgehead atoms. The van der Waals surface area contributed by atoms with E-state index in [9.17, 15) is 9.90 Å². The van der Waals surface area contributed by atoms with Crippen molar-refractivity contribution in [1.29, 1.82) is 5.26 Å². The van der Waals surface area contributed by atoms with Crippen molar-refractivity contribution in [2.24, 2.45) is 0 Å². The van der Waals surface area contributed by atoms with E-state index >= 15 is 0 Å². The van der Waals surface area contributed by atoms with Gasteiger partial charge in [-0.1, -0.05) is 24.3 Å². The van der Waals surface area contributed by atoms with Gasteiger partial charge in [-0.05, 0) is 53.6 Å². The molecule has 0 aliphatic carbocycles. The second-order valence-corrected chi connectivity index (χ2v) is 5.38. The molecule has 0 saturated heterocycles. The molecule has 0 aliphatic rings. The highest BCUT2D eigenvalue weighted by atomic mass is 16.5. The zero-order chi connectivity index (χ0) is 17.8. The van der Waals surface area contributed by atoms with Gasteiger partial charge in [0.25, 0.3) is 0 Å². The third-order valence-corrected chi connectivity index (χ3v) is 3.66. The van der Waals surface area contributed by atoms with Crippen LogP contribution in [0.15, 0.2) is 66.7 Å². The number of ether oxygens (including phenoxy) is 1. The topological polar surface area (TPSA) is 96.3 Å². The van der Waals surface area contributed by atoms with E-state index in [1.54, 1.807) is 30.3 Å². The Bertz CT molecular complexity index is 956. The first kappa shape index (κ1) is 16.1. The fourth-order valence-corrected chi connectivity index (χ4v) is 2.38. The number of carbonyl (C=O) groups is 1. The molecule has 3 N–H and O–H groups in total. The summed E-state index contributed by atoms with van der Waals surface area (Å²) in [5.41, 5.74) is 8.54. The first-order chi connectivity index (χ1) is 12.1. The molecular formula is C20H14N2O3. The molecule has 0 aliphatic heterocycles. The van der Waals surface area contributed by atoms with E-state index in [1.165, 1.54) is 12.1 Å². The molecule has 3 rings (SSSR count). The summed E-state index contributed by atoms with van der Waals surface area (Å²) in [5.74, 6) is -0.353. The van der Waals surface area contributed by atoms with Crippen LogP contribution in [-0.4, -0.2) is 11.1 Å². The second-order valence-electron chi connectivity index (χ2n) is 5.38. The number of carboxylic acid groups (broad SMARTS) is 1. The lowest BCUT2D eigenvalue weighted by Gasteiger charge is -2.10. The van der Waals surface area contributed by atoms with Gasteiger partial charge in [-0.15, -0.1) is 0 Å². The average molecular weight is 330 g/mol. The van der Waals surface area contributed by atoms with Crippen LogP contribution in [0.2, 0.25) is 0 Å². The molecule has 0 saturated carbocycles. The normalized spacial score (nSPS) is 10.0. The van der Waals surface area contributed by atoms with Crippen LogP contribution in [-0.2, 0) is 0 Å². The molecule has 25 heavy (non-hydrogen) atoms. The molecule has 0 spiro atoms. The zero-order valence-electron chi connectivity index (χ0n) is 13.1. The molecular weight excluding hydrogens is 316 g/mol. The maximum absolute atomic E-state index is 11.3. The fourth-order valence-electron chi connectivity index (χ4n) is 2.38. The summed E-state index contributed by atoms with van der Waals surface area (Å²) >= 11 is 0. The SMILES string of the molecule is N#Cc1ccc(-c2ccc(Oc3ccc(N)cc3C(=O)O)cc2)cc1. The Morgan fingerprint density at radius 1 is 0.960 bits per heavy atom. The minimum Gasteiger partial charge on any atom is -0.478 e. The van der Waals surface area contributed by atoms with Crippen LogP contribution in [0, 0.1) is 11.3 Å². The van der Waals surface area contributed by atoms with Crippen LogP contribution >= 0.6 is 0 Å². The molecule has 0 amide bonds. The van der Waals surface area contributed by atoms with Crippen molar-refractivity contribution in [1.82, 2.24) is 0 Å². The zero-order valence-corrected chi connectivity index (χ0v) is 13.1. The maximum Gasteiger partial charge on any atom is 0.339 e. The summed E-state index contributed by atoms with van der Waals surface area (Å²) in [6.07, 6.45) is 0. The monoisotopic (exact) mass is 330 g/mol. The van der Waals surface area contributed by atoms with Crippen molar-refractivity contribution in [3.63, 3.8) is 0 Å². The van der Waals surface area contributed by atoms with Crippen molar-refractivity contribution in [3.05, 3.63) is 77.9 Å². The summed E-state index contributed by atoms with van der Waals surface area (Å²) in [5, 5.41) is 18.1. The number of hydrogen-bond donors (Lipinski definition) is 2. The number of nitrogens with two attached hydrogens (primary N) is 1. The van der Waals surface area contributed by atoms with Gasteiger partial charge in [0.15, 0.2) is 0 Å². The minimum absolute atomic E-state index is 0.0103. The van der Waals surface area contributed by atoms with Crippen LogP contribution in [0.25, 0.3) is 11.1 Å². The number of anilines is 1. The Labute approximate surface area is 144 Å². The van der Waals surface area contributed by atoms with Crippen molar-refractivity contribution in [3.8, 4) is 28.7 Å². The standard InChI is InChI=1S/C20H14N2O3/c21-12-13-1-3-14(4-2-13)15-5-8-17(9-6-15)25-19-10-7-16(22)11-18(19)20(23)24/h1-11H,22H2,(H,23,24). The number of nitrogen functional groups attached to an aromatic ring is 1. The Hall–Kier alpha value is -3.78. The van der Waals surface area contributed by atoms with Gasteiger partial charge in [0.1, 0.15) is 17.1 Å². The smallest absolute Gasteiger partial charge is 0.339 e. The summed E-state index contributed by atoms with van der Waals surface area (Å²) in [7, 11) is 0. The Balaban J connectivity index is 1.84. The predicted octanol–water partition coefficient (Wildman–Crippen LogP) is 4.30. The van der Waals surface area contributed by atoms with Crippen LogP contribution in [0.5, 0.6) is 11.5 Å². The molecule has 5 nitrogen and oxygen atoms in total. The van der Waals surface area contributed by atoms with E-state index in [-0.39, 0.29) is 11.3 Å². The third-order valence-electron chi connectivity index (χ3n) is 3.66. The number of rotatable bonds is 4. The van der Waals surface area contributed by atoms with Gasteiger partial charge < -0.3 is 15.6 Å². The van der Waals surface area contributed by atoms with Crippen molar-refractivity contribution in [2.75, 3.05) is 5.73 Å². The molecule has 0 heterocycles. The van der Waals surface area contributed by atoms with Crippen LogP contribution in [0.3, 0.4) is 0 Å². The van der Waals surface area contributed by atoms with Gasteiger partial charge in [-0.25, -0.2) is 4.79 Å². The summed E-state index contributed by atoms with van der Waals surface area (Å²) < 4.78 is 5.67. The molecule has 0 unspecified atom stereocenters.